The summed E-state index contributed by atoms with van der Waals surface area (Å²) < 4.78 is 15.2. The van der Waals surface area contributed by atoms with Gasteiger partial charge in [-0.3, -0.25) is 24.3 Å². The Labute approximate surface area is 178 Å². The minimum absolute atomic E-state index is 0.164. The van der Waals surface area contributed by atoms with E-state index in [1.54, 1.807) is 12.1 Å². The molecule has 8 nitrogen and oxygen atoms in total. The lowest BCUT2D eigenvalue weighted by Crippen LogP contribution is -2.24. The summed E-state index contributed by atoms with van der Waals surface area (Å²) in [6.07, 6.45) is 1.52. The molecular weight excluding hydrogens is 435 g/mol. The lowest BCUT2D eigenvalue weighted by molar-refractivity contribution is -0.384. The third-order valence-electron chi connectivity index (χ3n) is 3.96. The van der Waals surface area contributed by atoms with E-state index in [2.05, 4.69) is 16.9 Å². The minimum atomic E-state index is -0.803. The van der Waals surface area contributed by atoms with Crippen LogP contribution >= 0.6 is 23.4 Å². The van der Waals surface area contributed by atoms with E-state index in [0.29, 0.717) is 15.9 Å². The van der Waals surface area contributed by atoms with Crippen LogP contribution in [0.15, 0.2) is 59.0 Å². The van der Waals surface area contributed by atoms with Gasteiger partial charge < -0.3 is 5.32 Å². The van der Waals surface area contributed by atoms with Crippen LogP contribution < -0.4 is 10.9 Å². The van der Waals surface area contributed by atoms with E-state index in [9.17, 15) is 24.1 Å². The first kappa shape index (κ1) is 21.5. The molecule has 1 aromatic heterocycles. The number of carbonyl (C=O) groups is 1. The third kappa shape index (κ3) is 4.66. The molecule has 1 heterocycles. The average molecular weight is 449 g/mol. The second-order valence-electron chi connectivity index (χ2n) is 6.02. The maximum atomic E-state index is 13.9. The molecule has 0 bridgehead atoms. The van der Waals surface area contributed by atoms with Gasteiger partial charge in [0.15, 0.2) is 5.16 Å². The number of nitro groups is 1. The van der Waals surface area contributed by atoms with Crippen LogP contribution in [-0.2, 0) is 11.3 Å². The number of aromatic nitrogens is 2. The highest BCUT2D eigenvalue weighted by molar-refractivity contribution is 7.99. The fourth-order valence-electron chi connectivity index (χ4n) is 2.61. The Morgan fingerprint density at radius 3 is 2.83 bits per heavy atom. The maximum absolute atomic E-state index is 13.9. The van der Waals surface area contributed by atoms with Crippen LogP contribution in [0.5, 0.6) is 0 Å². The van der Waals surface area contributed by atoms with Crippen molar-refractivity contribution in [2.24, 2.45) is 0 Å². The van der Waals surface area contributed by atoms with Crippen LogP contribution in [-0.4, -0.2) is 26.1 Å². The summed E-state index contributed by atoms with van der Waals surface area (Å²) in [5.74, 6) is -1.62. The van der Waals surface area contributed by atoms with Gasteiger partial charge in [0.1, 0.15) is 5.82 Å². The Hall–Kier alpha value is -3.24. The Bertz CT molecular complexity index is 1230. The van der Waals surface area contributed by atoms with Gasteiger partial charge in [-0.15, -0.1) is 6.58 Å². The molecule has 1 amide bonds. The second kappa shape index (κ2) is 9.06. The zero-order valence-corrected chi connectivity index (χ0v) is 16.9. The van der Waals surface area contributed by atoms with Gasteiger partial charge in [0.25, 0.3) is 11.2 Å². The fourth-order valence-corrected chi connectivity index (χ4v) is 3.59. The molecule has 11 heteroatoms. The van der Waals surface area contributed by atoms with Crippen molar-refractivity contribution >= 4 is 51.5 Å². The smallest absolute Gasteiger partial charge is 0.271 e. The summed E-state index contributed by atoms with van der Waals surface area (Å²) >= 11 is 6.92. The number of hydrogen-bond acceptors (Lipinski definition) is 6. The topological polar surface area (TPSA) is 107 Å². The number of carbonyl (C=O) groups excluding carboxylic acids is 1. The quantitative estimate of drug-likeness (QED) is 0.192. The molecule has 3 rings (SSSR count). The molecule has 0 aliphatic rings. The predicted molar refractivity (Wildman–Crippen MR) is 114 cm³/mol. The number of amides is 1. The van der Waals surface area contributed by atoms with Crippen LogP contribution in [0.4, 0.5) is 15.8 Å². The molecule has 0 atom stereocenters. The predicted octanol–water partition coefficient (Wildman–Crippen LogP) is 4.01. The second-order valence-corrected chi connectivity index (χ2v) is 7.40. The van der Waals surface area contributed by atoms with Gasteiger partial charge in [0.05, 0.1) is 27.3 Å². The van der Waals surface area contributed by atoms with Crippen molar-refractivity contribution in [3.63, 3.8) is 0 Å². The Kier molecular flexibility index (Phi) is 6.48. The number of allylic oxidation sites excluding steroid dienone is 1. The first-order chi connectivity index (χ1) is 14.3. The molecule has 0 radical (unpaired) electrons. The standard InChI is InChI=1S/C19H14ClFN4O4S/c1-2-7-24-18(27)13-8-11(20)3-6-15(13)23-19(24)30-10-17(26)22-16-9-12(25(28)29)4-5-14(16)21/h2-6,8-9H,1,7,10H2,(H,22,26). The summed E-state index contributed by atoms with van der Waals surface area (Å²) in [4.78, 5) is 39.6. The van der Waals surface area contributed by atoms with Crippen LogP contribution in [0.1, 0.15) is 0 Å². The van der Waals surface area contributed by atoms with Crippen LogP contribution in [0.25, 0.3) is 10.9 Å². The number of nitrogens with one attached hydrogen (secondary N) is 1. The van der Waals surface area contributed by atoms with Gasteiger partial charge in [0, 0.05) is 23.7 Å². The Morgan fingerprint density at radius 2 is 2.13 bits per heavy atom. The number of anilines is 1. The van der Waals surface area contributed by atoms with Crippen molar-refractivity contribution in [3.8, 4) is 0 Å². The molecule has 0 aliphatic carbocycles. The minimum Gasteiger partial charge on any atom is -0.323 e. The van der Waals surface area contributed by atoms with Crippen LogP contribution in [0.3, 0.4) is 0 Å². The molecule has 0 aliphatic heterocycles. The van der Waals surface area contributed by atoms with Crippen molar-refractivity contribution in [1.29, 1.82) is 0 Å². The molecular formula is C19H14ClFN4O4S. The van der Waals surface area contributed by atoms with Gasteiger partial charge in [-0.25, -0.2) is 9.37 Å². The summed E-state index contributed by atoms with van der Waals surface area (Å²) in [6.45, 7) is 3.78. The highest BCUT2D eigenvalue weighted by atomic mass is 35.5. The third-order valence-corrected chi connectivity index (χ3v) is 5.17. The van der Waals surface area contributed by atoms with Gasteiger partial charge >= 0.3 is 0 Å². The summed E-state index contributed by atoms with van der Waals surface area (Å²) in [5, 5.41) is 14.1. The fraction of sp³-hybridized carbons (Fsp3) is 0.105. The van der Waals surface area contributed by atoms with E-state index < -0.39 is 16.6 Å². The number of benzene rings is 2. The molecule has 0 spiro atoms. The lowest BCUT2D eigenvalue weighted by atomic mass is 10.2. The number of fused-ring (bicyclic) bond motifs is 1. The van der Waals surface area contributed by atoms with Gasteiger partial charge in [0.2, 0.25) is 5.91 Å². The number of halogens is 2. The molecule has 3 aromatic rings. The zero-order chi connectivity index (χ0) is 21.8. The van der Waals surface area contributed by atoms with E-state index in [0.717, 1.165) is 30.0 Å². The van der Waals surface area contributed by atoms with E-state index in [1.807, 2.05) is 0 Å². The molecule has 30 heavy (non-hydrogen) atoms. The van der Waals surface area contributed by atoms with E-state index in [1.165, 1.54) is 16.7 Å². The highest BCUT2D eigenvalue weighted by Crippen LogP contribution is 2.23. The SMILES string of the molecule is C=CCn1c(SCC(=O)Nc2cc([N+](=O)[O-])ccc2F)nc2ccc(Cl)cc2c1=O. The number of rotatable bonds is 7. The van der Waals surface area contributed by atoms with E-state index in [-0.39, 0.29) is 34.4 Å². The summed E-state index contributed by atoms with van der Waals surface area (Å²) in [5.41, 5.74) is -0.583. The van der Waals surface area contributed by atoms with Gasteiger partial charge in [-0.05, 0) is 24.3 Å². The normalized spacial score (nSPS) is 10.7. The van der Waals surface area contributed by atoms with Crippen molar-refractivity contribution in [2.45, 2.75) is 11.7 Å². The van der Waals surface area contributed by atoms with Crippen molar-refractivity contribution in [2.75, 3.05) is 11.1 Å². The highest BCUT2D eigenvalue weighted by Gasteiger charge is 2.16. The van der Waals surface area contributed by atoms with Crippen molar-refractivity contribution in [3.05, 3.63) is 80.4 Å². The monoisotopic (exact) mass is 448 g/mol. The average Bonchev–Trinajstić information content (AvgIpc) is 2.71. The first-order valence-electron chi connectivity index (χ1n) is 8.47. The number of nitrogens with zero attached hydrogens (tertiary/aromatic N) is 3. The maximum Gasteiger partial charge on any atom is 0.271 e. The molecule has 0 fully saturated rings. The molecule has 2 aromatic carbocycles. The molecule has 0 saturated heterocycles. The molecule has 0 saturated carbocycles. The van der Waals surface area contributed by atoms with Crippen molar-refractivity contribution in [1.82, 2.24) is 9.55 Å². The number of nitro benzene ring substituents is 1. The lowest BCUT2D eigenvalue weighted by Gasteiger charge is -2.12. The van der Waals surface area contributed by atoms with Crippen molar-refractivity contribution < 1.29 is 14.1 Å². The molecule has 1 N–H and O–H groups in total. The molecule has 154 valence electrons. The summed E-state index contributed by atoms with van der Waals surface area (Å²) in [7, 11) is 0. The Balaban J connectivity index is 1.84. The number of thioether (sulfide) groups is 1. The first-order valence-corrected chi connectivity index (χ1v) is 9.84. The van der Waals surface area contributed by atoms with Gasteiger partial charge in [-0.1, -0.05) is 29.4 Å². The van der Waals surface area contributed by atoms with Gasteiger partial charge in [-0.2, -0.15) is 0 Å². The van der Waals surface area contributed by atoms with Crippen LogP contribution in [0, 0.1) is 15.9 Å². The molecule has 0 unspecified atom stereocenters. The number of hydrogen-bond donors (Lipinski definition) is 1. The Morgan fingerprint density at radius 1 is 1.37 bits per heavy atom. The zero-order valence-electron chi connectivity index (χ0n) is 15.3. The summed E-state index contributed by atoms with van der Waals surface area (Å²) in [6, 6.07) is 7.54. The number of non-ortho nitro benzene ring substituents is 1. The van der Waals surface area contributed by atoms with E-state index in [4.69, 9.17) is 11.6 Å². The van der Waals surface area contributed by atoms with Crippen LogP contribution in [0.2, 0.25) is 5.02 Å². The van der Waals surface area contributed by atoms with E-state index >= 15 is 0 Å². The largest absolute Gasteiger partial charge is 0.323 e.